The van der Waals surface area contributed by atoms with Crippen molar-refractivity contribution in [3.8, 4) is 0 Å². The minimum Gasteiger partial charge on any atom is -0.478 e. The normalized spacial score (nSPS) is 10.9. The molecule has 4 aromatic rings. The van der Waals surface area contributed by atoms with Gasteiger partial charge in [-0.2, -0.15) is 0 Å². The number of aromatic nitrogens is 2. The number of H-pyrrole nitrogens is 1. The summed E-state index contributed by atoms with van der Waals surface area (Å²) in [5, 5.41) is 13.9. The van der Waals surface area contributed by atoms with Crippen LogP contribution in [-0.2, 0) is 24.5 Å². The number of hydrogen-bond acceptors (Lipinski definition) is 6. The fourth-order valence-corrected chi connectivity index (χ4v) is 4.03. The Hall–Kier alpha value is -3.82. The summed E-state index contributed by atoms with van der Waals surface area (Å²) >= 11 is 1.27. The van der Waals surface area contributed by atoms with Gasteiger partial charge in [0.15, 0.2) is 0 Å². The monoisotopic (exact) mass is 449 g/mol. The first-order chi connectivity index (χ1) is 15.5. The Labute approximate surface area is 186 Å². The molecule has 2 heterocycles. The zero-order valence-corrected chi connectivity index (χ0v) is 17.6. The number of aromatic amines is 1. The Morgan fingerprint density at radius 2 is 1.78 bits per heavy atom. The number of nitrogens with zero attached hydrogens (tertiary/aromatic N) is 1. The fourth-order valence-electron chi connectivity index (χ4n) is 3.10. The third kappa shape index (κ3) is 4.90. The predicted octanol–water partition coefficient (Wildman–Crippen LogP) is 3.33. The van der Waals surface area contributed by atoms with Crippen LogP contribution in [0.5, 0.6) is 0 Å². The summed E-state index contributed by atoms with van der Waals surface area (Å²) in [6.07, 6.45) is 0. The highest BCUT2D eigenvalue weighted by atomic mass is 32.1. The molecule has 2 aromatic heterocycles. The molecule has 0 aliphatic carbocycles. The second-order valence-electron chi connectivity index (χ2n) is 7.02. The van der Waals surface area contributed by atoms with Crippen LogP contribution in [-0.4, -0.2) is 27.0 Å². The van der Waals surface area contributed by atoms with Gasteiger partial charge in [-0.05, 0) is 28.6 Å². The minimum absolute atomic E-state index is 0.0359. The Morgan fingerprint density at radius 3 is 2.50 bits per heavy atom. The molecule has 32 heavy (non-hydrogen) atoms. The quantitative estimate of drug-likeness (QED) is 0.379. The minimum atomic E-state index is -0.984. The lowest BCUT2D eigenvalue weighted by atomic mass is 10.1. The Morgan fingerprint density at radius 1 is 1.03 bits per heavy atom. The molecule has 0 spiro atoms. The van der Waals surface area contributed by atoms with Crippen molar-refractivity contribution in [2.24, 2.45) is 0 Å². The van der Waals surface area contributed by atoms with Crippen LogP contribution < -0.4 is 10.9 Å². The Kier molecular flexibility index (Phi) is 6.39. The largest absolute Gasteiger partial charge is 0.478 e. The van der Waals surface area contributed by atoms with Crippen molar-refractivity contribution >= 4 is 33.4 Å². The van der Waals surface area contributed by atoms with Crippen molar-refractivity contribution in [2.75, 3.05) is 0 Å². The van der Waals surface area contributed by atoms with Gasteiger partial charge in [0.25, 0.3) is 11.5 Å². The maximum Gasteiger partial charge on any atom is 0.335 e. The number of carbonyl (C=O) groups is 2. The van der Waals surface area contributed by atoms with Gasteiger partial charge in [0.2, 0.25) is 5.82 Å². The Bertz CT molecular complexity index is 1310. The number of amides is 1. The summed E-state index contributed by atoms with van der Waals surface area (Å²) in [5.74, 6) is -1.47. The second-order valence-corrected chi connectivity index (χ2v) is 7.88. The average Bonchev–Trinajstić information content (AvgIpc) is 3.22. The molecular weight excluding hydrogens is 430 g/mol. The summed E-state index contributed by atoms with van der Waals surface area (Å²) < 4.78 is 5.69. The van der Waals surface area contributed by atoms with Gasteiger partial charge in [-0.15, -0.1) is 11.3 Å². The van der Waals surface area contributed by atoms with Crippen LogP contribution in [0.2, 0.25) is 0 Å². The van der Waals surface area contributed by atoms with E-state index in [1.54, 1.807) is 17.5 Å². The molecule has 0 unspecified atom stereocenters. The van der Waals surface area contributed by atoms with E-state index in [-0.39, 0.29) is 24.6 Å². The maximum absolute atomic E-state index is 12.6. The first-order valence-electron chi connectivity index (χ1n) is 9.74. The van der Waals surface area contributed by atoms with E-state index in [0.717, 1.165) is 11.1 Å². The number of aromatic carboxylic acids is 1. The number of benzene rings is 2. The van der Waals surface area contributed by atoms with Crippen LogP contribution in [0.3, 0.4) is 0 Å². The zero-order valence-electron chi connectivity index (χ0n) is 16.8. The lowest BCUT2D eigenvalue weighted by molar-refractivity contribution is 0.0696. The topological polar surface area (TPSA) is 121 Å². The molecule has 0 saturated heterocycles. The highest BCUT2D eigenvalue weighted by Gasteiger charge is 2.15. The molecule has 0 saturated carbocycles. The number of carboxylic acid groups (broad SMARTS) is 1. The van der Waals surface area contributed by atoms with E-state index >= 15 is 0 Å². The van der Waals surface area contributed by atoms with Gasteiger partial charge in [0.1, 0.15) is 4.83 Å². The molecule has 4 rings (SSSR count). The number of hydrogen-bond donors (Lipinski definition) is 3. The van der Waals surface area contributed by atoms with Gasteiger partial charge in [-0.3, -0.25) is 9.59 Å². The Balaban J connectivity index is 1.41. The molecule has 0 bridgehead atoms. The summed E-state index contributed by atoms with van der Waals surface area (Å²) in [4.78, 5) is 43.3. The first-order valence-corrected chi connectivity index (χ1v) is 10.6. The van der Waals surface area contributed by atoms with E-state index < -0.39 is 17.4 Å². The number of carbonyl (C=O) groups excluding carboxylic acids is 1. The molecule has 9 heteroatoms. The second kappa shape index (κ2) is 9.54. The number of nitrogens with one attached hydrogen (secondary N) is 2. The van der Waals surface area contributed by atoms with Crippen LogP contribution in [0.4, 0.5) is 0 Å². The van der Waals surface area contributed by atoms with E-state index in [1.807, 2.05) is 30.3 Å². The van der Waals surface area contributed by atoms with E-state index in [2.05, 4.69) is 15.3 Å². The number of rotatable bonds is 8. The van der Waals surface area contributed by atoms with Crippen molar-refractivity contribution in [2.45, 2.75) is 19.8 Å². The van der Waals surface area contributed by atoms with Crippen LogP contribution in [0.15, 0.2) is 64.8 Å². The molecule has 0 aliphatic heterocycles. The van der Waals surface area contributed by atoms with Gasteiger partial charge < -0.3 is 20.1 Å². The van der Waals surface area contributed by atoms with E-state index in [0.29, 0.717) is 22.3 Å². The summed E-state index contributed by atoms with van der Waals surface area (Å²) in [5.41, 5.74) is 2.25. The van der Waals surface area contributed by atoms with E-state index in [1.165, 1.54) is 23.5 Å². The number of carboxylic acids is 1. The molecule has 1 amide bonds. The van der Waals surface area contributed by atoms with Crippen molar-refractivity contribution in [1.29, 1.82) is 0 Å². The van der Waals surface area contributed by atoms with Crippen molar-refractivity contribution in [3.63, 3.8) is 0 Å². The maximum atomic E-state index is 12.6. The molecule has 162 valence electrons. The van der Waals surface area contributed by atoms with Crippen LogP contribution in [0.1, 0.15) is 37.7 Å². The van der Waals surface area contributed by atoms with E-state index in [4.69, 9.17) is 9.84 Å². The van der Waals surface area contributed by atoms with Crippen molar-refractivity contribution in [1.82, 2.24) is 15.3 Å². The molecule has 0 aliphatic rings. The van der Waals surface area contributed by atoms with Crippen LogP contribution in [0, 0.1) is 0 Å². The van der Waals surface area contributed by atoms with Gasteiger partial charge in [0, 0.05) is 12.1 Å². The van der Waals surface area contributed by atoms with Crippen LogP contribution >= 0.6 is 11.3 Å². The number of fused-ring (bicyclic) bond motifs is 1. The molecule has 3 N–H and O–H groups in total. The van der Waals surface area contributed by atoms with Gasteiger partial charge in [-0.1, -0.05) is 42.5 Å². The molecule has 8 nitrogen and oxygen atoms in total. The highest BCUT2D eigenvalue weighted by molar-refractivity contribution is 7.16. The van der Waals surface area contributed by atoms with Gasteiger partial charge >= 0.3 is 5.97 Å². The molecule has 0 atom stereocenters. The third-order valence-electron chi connectivity index (χ3n) is 4.76. The zero-order chi connectivity index (χ0) is 22.5. The lowest BCUT2D eigenvalue weighted by Gasteiger charge is -2.06. The summed E-state index contributed by atoms with van der Waals surface area (Å²) in [6, 6.07) is 15.8. The number of thiophene rings is 1. The predicted molar refractivity (Wildman–Crippen MR) is 120 cm³/mol. The number of ether oxygens (including phenoxy) is 1. The van der Waals surface area contributed by atoms with Gasteiger partial charge in [0.05, 0.1) is 24.2 Å². The SMILES string of the molecule is O=C(O)c1ccc(COCc2csc3nc(C(=O)NCc4ccccc4)[nH]c(=O)c23)cc1. The summed E-state index contributed by atoms with van der Waals surface area (Å²) in [6.45, 7) is 0.784. The lowest BCUT2D eigenvalue weighted by Crippen LogP contribution is -2.27. The van der Waals surface area contributed by atoms with E-state index in [9.17, 15) is 14.4 Å². The third-order valence-corrected chi connectivity index (χ3v) is 5.68. The van der Waals surface area contributed by atoms with Crippen molar-refractivity contribution < 1.29 is 19.4 Å². The fraction of sp³-hybridized carbons (Fsp3) is 0.130. The van der Waals surface area contributed by atoms with Gasteiger partial charge in [-0.25, -0.2) is 9.78 Å². The highest BCUT2D eigenvalue weighted by Crippen LogP contribution is 2.22. The first kappa shape index (κ1) is 21.4. The van der Waals surface area contributed by atoms with Crippen molar-refractivity contribution in [3.05, 3.63) is 98.4 Å². The van der Waals surface area contributed by atoms with Crippen LogP contribution in [0.25, 0.3) is 10.2 Å². The average molecular weight is 449 g/mol. The smallest absolute Gasteiger partial charge is 0.335 e. The summed E-state index contributed by atoms with van der Waals surface area (Å²) in [7, 11) is 0. The molecular formula is C23H19N3O5S. The molecule has 2 aromatic carbocycles. The standard InChI is InChI=1S/C23H19N3O5S/c27-20-18-17(12-31-11-15-6-8-16(9-7-15)23(29)30)13-32-22(18)26-19(25-20)21(28)24-10-14-4-2-1-3-5-14/h1-9,13H,10-12H2,(H,24,28)(H,29,30)(H,25,26,27). The molecule has 0 radical (unpaired) electrons. The molecule has 0 fully saturated rings.